The number of nitrogens with zero attached hydrogens (tertiary/aromatic N) is 4. The lowest BCUT2D eigenvalue weighted by atomic mass is 10.0. The summed E-state index contributed by atoms with van der Waals surface area (Å²) in [6, 6.07) is 3.83. The number of aliphatic hydroxyl groups excluding tert-OH is 1. The number of aliphatic hydroxyl groups is 1. The Labute approximate surface area is 145 Å². The van der Waals surface area contributed by atoms with E-state index in [0.717, 1.165) is 43.5 Å². The topological polar surface area (TPSA) is 54.2 Å². The van der Waals surface area contributed by atoms with Crippen LogP contribution in [0.4, 0.5) is 8.78 Å². The third-order valence-electron chi connectivity index (χ3n) is 5.24. The molecule has 5 nitrogen and oxygen atoms in total. The van der Waals surface area contributed by atoms with Crippen molar-refractivity contribution in [1.82, 2.24) is 19.7 Å². The fourth-order valence-corrected chi connectivity index (χ4v) is 3.96. The predicted molar refractivity (Wildman–Crippen MR) is 87.7 cm³/mol. The maximum absolute atomic E-state index is 13.6. The van der Waals surface area contributed by atoms with Crippen LogP contribution in [0.15, 0.2) is 18.2 Å². The molecule has 1 aromatic carbocycles. The largest absolute Gasteiger partial charge is 0.392 e. The summed E-state index contributed by atoms with van der Waals surface area (Å²) >= 11 is 0. The minimum atomic E-state index is -0.852. The average Bonchev–Trinajstić information content (AvgIpc) is 3.05. The van der Waals surface area contributed by atoms with Crippen LogP contribution in [0.2, 0.25) is 0 Å². The van der Waals surface area contributed by atoms with E-state index in [2.05, 4.69) is 19.7 Å². The Morgan fingerprint density at radius 1 is 1.12 bits per heavy atom. The highest BCUT2D eigenvalue weighted by Gasteiger charge is 2.33. The van der Waals surface area contributed by atoms with Crippen molar-refractivity contribution in [3.05, 3.63) is 47.0 Å². The van der Waals surface area contributed by atoms with E-state index in [1.54, 1.807) is 6.07 Å². The van der Waals surface area contributed by atoms with E-state index in [1.807, 2.05) is 0 Å². The van der Waals surface area contributed by atoms with Crippen LogP contribution in [-0.4, -0.2) is 37.4 Å². The number of halogens is 2. The van der Waals surface area contributed by atoms with Crippen molar-refractivity contribution >= 4 is 0 Å². The fourth-order valence-electron chi connectivity index (χ4n) is 3.96. The Morgan fingerprint density at radius 3 is 2.84 bits per heavy atom. The molecule has 134 valence electrons. The van der Waals surface area contributed by atoms with Gasteiger partial charge >= 0.3 is 0 Å². The number of hydrogen-bond donors (Lipinski definition) is 1. The van der Waals surface area contributed by atoms with Gasteiger partial charge in [-0.3, -0.25) is 4.90 Å². The minimum absolute atomic E-state index is 0.149. The van der Waals surface area contributed by atoms with Crippen molar-refractivity contribution < 1.29 is 13.9 Å². The van der Waals surface area contributed by atoms with Crippen molar-refractivity contribution in [3.8, 4) is 0 Å². The molecule has 0 saturated carbocycles. The summed E-state index contributed by atoms with van der Waals surface area (Å²) in [5.41, 5.74) is 0.686. The second kappa shape index (κ2) is 6.80. The van der Waals surface area contributed by atoms with Crippen LogP contribution in [0.3, 0.4) is 0 Å². The summed E-state index contributed by atoms with van der Waals surface area (Å²) in [5, 5.41) is 18.8. The van der Waals surface area contributed by atoms with Crippen LogP contribution in [-0.2, 0) is 19.5 Å². The summed E-state index contributed by atoms with van der Waals surface area (Å²) in [4.78, 5) is 2.08. The number of likely N-dealkylation sites (tertiary alicyclic amines) is 1. The maximum atomic E-state index is 13.6. The molecule has 7 heteroatoms. The maximum Gasteiger partial charge on any atom is 0.159 e. The number of β-amino-alcohol motifs (C(OH)–C–C–N with tert-alkyl or cyclic N) is 1. The van der Waals surface area contributed by atoms with Gasteiger partial charge in [0.15, 0.2) is 11.6 Å². The van der Waals surface area contributed by atoms with Gasteiger partial charge in [-0.1, -0.05) is 12.5 Å². The van der Waals surface area contributed by atoms with Gasteiger partial charge < -0.3 is 9.67 Å². The Kier molecular flexibility index (Phi) is 4.52. The normalized spacial score (nSPS) is 24.3. The molecule has 0 spiro atoms. The van der Waals surface area contributed by atoms with Crippen LogP contribution in [0.1, 0.15) is 48.9 Å². The Morgan fingerprint density at radius 2 is 2.00 bits per heavy atom. The lowest BCUT2D eigenvalue weighted by molar-refractivity contribution is 0.170. The van der Waals surface area contributed by atoms with Gasteiger partial charge in [0.25, 0.3) is 0 Å². The highest BCUT2D eigenvalue weighted by atomic mass is 19.2. The second-order valence-electron chi connectivity index (χ2n) is 7.00. The summed E-state index contributed by atoms with van der Waals surface area (Å²) in [6.07, 6.45) is 4.42. The first-order chi connectivity index (χ1) is 12.1. The van der Waals surface area contributed by atoms with E-state index in [9.17, 15) is 13.9 Å². The van der Waals surface area contributed by atoms with Gasteiger partial charge in [-0.15, -0.1) is 10.2 Å². The Bertz CT molecular complexity index is 764. The van der Waals surface area contributed by atoms with Crippen molar-refractivity contribution in [3.63, 3.8) is 0 Å². The molecule has 4 rings (SSSR count). The van der Waals surface area contributed by atoms with E-state index in [-0.39, 0.29) is 6.04 Å². The Balaban J connectivity index is 1.58. The van der Waals surface area contributed by atoms with E-state index < -0.39 is 17.7 Å². The molecule has 25 heavy (non-hydrogen) atoms. The summed E-state index contributed by atoms with van der Waals surface area (Å²) in [6.45, 7) is 1.96. The van der Waals surface area contributed by atoms with Crippen molar-refractivity contribution in [2.24, 2.45) is 0 Å². The van der Waals surface area contributed by atoms with Gasteiger partial charge in [0.05, 0.1) is 12.6 Å². The van der Waals surface area contributed by atoms with E-state index >= 15 is 0 Å². The predicted octanol–water partition coefficient (Wildman–Crippen LogP) is 2.59. The molecule has 1 N–H and O–H groups in total. The zero-order chi connectivity index (χ0) is 17.4. The number of hydrogen-bond acceptors (Lipinski definition) is 4. The number of rotatable bonds is 3. The standard InChI is InChI=1S/C18H22F2N4O/c19-14-6-5-12(8-15(14)20)16-9-13(25)10-23(16)11-18-22-21-17-4-2-1-3-7-24(17)18/h5-6,8,13,16,25H,1-4,7,9-11H2. The lowest BCUT2D eigenvalue weighted by Crippen LogP contribution is -2.26. The van der Waals surface area contributed by atoms with Crippen LogP contribution in [0, 0.1) is 11.6 Å². The van der Waals surface area contributed by atoms with E-state index in [0.29, 0.717) is 25.1 Å². The third-order valence-corrected chi connectivity index (χ3v) is 5.24. The molecule has 2 aliphatic rings. The minimum Gasteiger partial charge on any atom is -0.392 e. The van der Waals surface area contributed by atoms with Gasteiger partial charge in [0, 0.05) is 25.6 Å². The smallest absolute Gasteiger partial charge is 0.159 e. The molecular weight excluding hydrogens is 326 g/mol. The molecule has 2 unspecified atom stereocenters. The van der Waals surface area contributed by atoms with Gasteiger partial charge in [-0.2, -0.15) is 0 Å². The first kappa shape index (κ1) is 16.6. The number of aryl methyl sites for hydroxylation is 1. The van der Waals surface area contributed by atoms with Crippen molar-refractivity contribution in [2.75, 3.05) is 6.54 Å². The summed E-state index contributed by atoms with van der Waals surface area (Å²) in [5.74, 6) is 0.210. The van der Waals surface area contributed by atoms with Crippen molar-refractivity contribution in [2.45, 2.75) is 57.3 Å². The molecule has 2 atom stereocenters. The molecule has 0 bridgehead atoms. The molecule has 0 amide bonds. The molecule has 3 heterocycles. The highest BCUT2D eigenvalue weighted by molar-refractivity contribution is 5.23. The Hall–Kier alpha value is -1.86. The van der Waals surface area contributed by atoms with Crippen LogP contribution >= 0.6 is 0 Å². The first-order valence-corrected chi connectivity index (χ1v) is 8.90. The van der Waals surface area contributed by atoms with Crippen molar-refractivity contribution in [1.29, 1.82) is 0 Å². The van der Waals surface area contributed by atoms with Gasteiger partial charge in [-0.05, 0) is 37.0 Å². The van der Waals surface area contributed by atoms with Crippen LogP contribution < -0.4 is 0 Å². The molecule has 1 fully saturated rings. The van der Waals surface area contributed by atoms with Crippen LogP contribution in [0.5, 0.6) is 0 Å². The average molecular weight is 348 g/mol. The zero-order valence-electron chi connectivity index (χ0n) is 14.0. The molecule has 0 radical (unpaired) electrons. The third kappa shape index (κ3) is 3.30. The second-order valence-corrected chi connectivity index (χ2v) is 7.00. The fraction of sp³-hybridized carbons (Fsp3) is 0.556. The van der Waals surface area contributed by atoms with E-state index in [1.165, 1.54) is 12.5 Å². The first-order valence-electron chi connectivity index (χ1n) is 8.90. The number of aromatic nitrogens is 3. The quantitative estimate of drug-likeness (QED) is 0.926. The molecule has 1 aromatic heterocycles. The van der Waals surface area contributed by atoms with Gasteiger partial charge in [0.1, 0.15) is 11.6 Å². The molecular formula is C18H22F2N4O. The van der Waals surface area contributed by atoms with Crippen LogP contribution in [0.25, 0.3) is 0 Å². The molecule has 2 aliphatic heterocycles. The number of fused-ring (bicyclic) bond motifs is 1. The number of benzene rings is 1. The van der Waals surface area contributed by atoms with E-state index in [4.69, 9.17) is 0 Å². The summed E-state index contributed by atoms with van der Waals surface area (Å²) in [7, 11) is 0. The highest BCUT2D eigenvalue weighted by Crippen LogP contribution is 2.34. The molecule has 0 aliphatic carbocycles. The monoisotopic (exact) mass is 348 g/mol. The molecule has 1 saturated heterocycles. The van der Waals surface area contributed by atoms with Gasteiger partial charge in [-0.25, -0.2) is 8.78 Å². The molecule has 2 aromatic rings. The lowest BCUT2D eigenvalue weighted by Gasteiger charge is -2.24. The SMILES string of the molecule is OC1CC(c2ccc(F)c(F)c2)N(Cc2nnc3n2CCCCC3)C1. The summed E-state index contributed by atoms with van der Waals surface area (Å²) < 4.78 is 29.0. The van der Waals surface area contributed by atoms with Gasteiger partial charge in [0.2, 0.25) is 0 Å². The zero-order valence-corrected chi connectivity index (χ0v) is 14.0.